The molecule has 1 heterocycles. The van der Waals surface area contributed by atoms with Gasteiger partial charge in [-0.05, 0) is 18.2 Å². The van der Waals surface area contributed by atoms with Gasteiger partial charge in [0.05, 0.1) is 11.3 Å². The molecule has 2 N–H and O–H groups in total. The van der Waals surface area contributed by atoms with Gasteiger partial charge in [-0.1, -0.05) is 0 Å². The van der Waals surface area contributed by atoms with Crippen molar-refractivity contribution in [2.75, 3.05) is 6.61 Å². The zero-order valence-corrected chi connectivity index (χ0v) is 17.5. The maximum atomic E-state index is 14.7. The number of primary amides is 1. The molecule has 9 nitrogen and oxygen atoms in total. The number of rotatable bonds is 6. The summed E-state index contributed by atoms with van der Waals surface area (Å²) in [7, 11) is 0.731. The summed E-state index contributed by atoms with van der Waals surface area (Å²) in [6.45, 7) is -0.626. The van der Waals surface area contributed by atoms with Crippen molar-refractivity contribution >= 4 is 5.91 Å². The Labute approximate surface area is 192 Å². The first-order valence-corrected chi connectivity index (χ1v) is 9.36. The van der Waals surface area contributed by atoms with Gasteiger partial charge in [0, 0.05) is 25.2 Å². The van der Waals surface area contributed by atoms with E-state index in [0.29, 0.717) is 12.1 Å². The van der Waals surface area contributed by atoms with Crippen LogP contribution in [0.3, 0.4) is 0 Å². The van der Waals surface area contributed by atoms with Gasteiger partial charge in [0.1, 0.15) is 29.1 Å². The second-order valence-electron chi connectivity index (χ2n) is 6.90. The Morgan fingerprint density at radius 3 is 2.37 bits per heavy atom. The Bertz CT molecular complexity index is 1490. The molecule has 0 aliphatic carbocycles. The number of alkyl halides is 3. The standard InChI is InChI=1S/C21H13F5N4O5/c1-29-17(21(24,25)26)7-19(32)30(20(29)33)13-6-15(10(8-27)4-12(13)23)35-16-5-11(22)2-3-14(16)34-9-18(28)31/h2-7H,9H2,1H3,(H2,28,31). The van der Waals surface area contributed by atoms with E-state index in [-0.39, 0.29) is 21.0 Å². The molecule has 3 aromatic rings. The van der Waals surface area contributed by atoms with Crippen LogP contribution in [0, 0.1) is 23.0 Å². The van der Waals surface area contributed by atoms with Crippen LogP contribution >= 0.6 is 0 Å². The van der Waals surface area contributed by atoms with Crippen LogP contribution < -0.4 is 26.5 Å². The molecule has 3 rings (SSSR count). The Morgan fingerprint density at radius 2 is 1.77 bits per heavy atom. The number of carbonyl (C=O) groups is 1. The highest BCUT2D eigenvalue weighted by molar-refractivity contribution is 5.75. The van der Waals surface area contributed by atoms with Gasteiger partial charge in [0.25, 0.3) is 11.5 Å². The molecule has 0 radical (unpaired) electrons. The number of halogens is 5. The maximum Gasteiger partial charge on any atom is 0.431 e. The van der Waals surface area contributed by atoms with Crippen LogP contribution in [0.15, 0.2) is 46.0 Å². The van der Waals surface area contributed by atoms with E-state index >= 15 is 0 Å². The summed E-state index contributed by atoms with van der Waals surface area (Å²) in [4.78, 5) is 35.9. The lowest BCUT2D eigenvalue weighted by Gasteiger charge is -2.16. The Balaban J connectivity index is 2.19. The predicted molar refractivity (Wildman–Crippen MR) is 108 cm³/mol. The molecular weight excluding hydrogens is 483 g/mol. The third-order valence-corrected chi connectivity index (χ3v) is 4.52. The highest BCUT2D eigenvalue weighted by Gasteiger charge is 2.35. The molecule has 1 amide bonds. The second kappa shape index (κ2) is 9.29. The van der Waals surface area contributed by atoms with Gasteiger partial charge in [-0.2, -0.15) is 18.4 Å². The summed E-state index contributed by atoms with van der Waals surface area (Å²) in [5.41, 5.74) is -0.922. The highest BCUT2D eigenvalue weighted by Crippen LogP contribution is 2.35. The zero-order valence-electron chi connectivity index (χ0n) is 17.5. The van der Waals surface area contributed by atoms with Crippen molar-refractivity contribution in [2.24, 2.45) is 12.8 Å². The van der Waals surface area contributed by atoms with Crippen molar-refractivity contribution in [1.82, 2.24) is 9.13 Å². The molecule has 0 aliphatic heterocycles. The molecule has 1 aromatic heterocycles. The summed E-state index contributed by atoms with van der Waals surface area (Å²) in [5.74, 6) is -4.13. The zero-order chi connectivity index (χ0) is 26.1. The molecule has 0 aliphatic rings. The van der Waals surface area contributed by atoms with E-state index in [2.05, 4.69) is 0 Å². The first-order valence-electron chi connectivity index (χ1n) is 9.36. The molecule has 2 aromatic carbocycles. The van der Waals surface area contributed by atoms with Gasteiger partial charge in [0.15, 0.2) is 18.1 Å². The fourth-order valence-corrected chi connectivity index (χ4v) is 2.95. The summed E-state index contributed by atoms with van der Waals surface area (Å²) in [5, 5.41) is 9.34. The molecule has 14 heteroatoms. The third kappa shape index (κ3) is 5.13. The minimum atomic E-state index is -5.04. The molecule has 0 saturated heterocycles. The number of hydrogen-bond acceptors (Lipinski definition) is 6. The summed E-state index contributed by atoms with van der Waals surface area (Å²) in [6, 6.07) is 5.78. The minimum Gasteiger partial charge on any atom is -0.480 e. The van der Waals surface area contributed by atoms with Crippen molar-refractivity contribution in [3.05, 3.63) is 80.1 Å². The molecule has 0 fully saturated rings. The number of aromatic nitrogens is 2. The quantitative estimate of drug-likeness (QED) is 0.522. The summed E-state index contributed by atoms with van der Waals surface area (Å²) in [6.07, 6.45) is -5.04. The minimum absolute atomic E-state index is 0.0991. The topological polar surface area (TPSA) is 129 Å². The number of nitriles is 1. The van der Waals surface area contributed by atoms with Crippen LogP contribution in [-0.4, -0.2) is 21.6 Å². The van der Waals surface area contributed by atoms with Gasteiger partial charge in [0.2, 0.25) is 0 Å². The largest absolute Gasteiger partial charge is 0.480 e. The summed E-state index contributed by atoms with van der Waals surface area (Å²) >= 11 is 0. The van der Waals surface area contributed by atoms with Gasteiger partial charge in [-0.3, -0.25) is 14.2 Å². The van der Waals surface area contributed by atoms with Crippen molar-refractivity contribution in [3.8, 4) is 29.0 Å². The second-order valence-corrected chi connectivity index (χ2v) is 6.90. The third-order valence-electron chi connectivity index (χ3n) is 4.52. The van der Waals surface area contributed by atoms with Crippen LogP contribution in [0.2, 0.25) is 0 Å². The van der Waals surface area contributed by atoms with Gasteiger partial charge in [-0.15, -0.1) is 0 Å². The number of benzene rings is 2. The monoisotopic (exact) mass is 496 g/mol. The lowest BCUT2D eigenvalue weighted by molar-refractivity contribution is -0.144. The number of carbonyl (C=O) groups excluding carboxylic acids is 1. The average molecular weight is 496 g/mol. The number of hydrogen-bond donors (Lipinski definition) is 1. The summed E-state index contributed by atoms with van der Waals surface area (Å²) < 4.78 is 78.6. The van der Waals surface area contributed by atoms with E-state index in [9.17, 15) is 41.6 Å². The Morgan fingerprint density at radius 1 is 1.09 bits per heavy atom. The van der Waals surface area contributed by atoms with E-state index in [1.165, 1.54) is 0 Å². The predicted octanol–water partition coefficient (Wildman–Crippen LogP) is 2.36. The van der Waals surface area contributed by atoms with Crippen molar-refractivity contribution < 1.29 is 36.2 Å². The van der Waals surface area contributed by atoms with Crippen LogP contribution in [0.25, 0.3) is 5.69 Å². The lowest BCUT2D eigenvalue weighted by atomic mass is 10.1. The van der Waals surface area contributed by atoms with E-state index in [1.807, 2.05) is 0 Å². The highest BCUT2D eigenvalue weighted by atomic mass is 19.4. The average Bonchev–Trinajstić information content (AvgIpc) is 2.76. The number of amides is 1. The van der Waals surface area contributed by atoms with Gasteiger partial charge in [-0.25, -0.2) is 18.1 Å². The first-order chi connectivity index (χ1) is 16.3. The van der Waals surface area contributed by atoms with Crippen LogP contribution in [0.5, 0.6) is 17.2 Å². The normalized spacial score (nSPS) is 11.1. The van der Waals surface area contributed by atoms with E-state index in [0.717, 1.165) is 25.2 Å². The number of ether oxygens (including phenoxy) is 2. The van der Waals surface area contributed by atoms with Crippen LogP contribution in [0.4, 0.5) is 22.0 Å². The fraction of sp³-hybridized carbons (Fsp3) is 0.143. The molecule has 0 bridgehead atoms. The van der Waals surface area contributed by atoms with E-state index in [1.54, 1.807) is 6.07 Å². The van der Waals surface area contributed by atoms with E-state index in [4.69, 9.17) is 15.2 Å². The van der Waals surface area contributed by atoms with Gasteiger partial charge < -0.3 is 15.2 Å². The van der Waals surface area contributed by atoms with Crippen molar-refractivity contribution in [3.63, 3.8) is 0 Å². The lowest BCUT2D eigenvalue weighted by Crippen LogP contribution is -2.41. The van der Waals surface area contributed by atoms with Gasteiger partial charge >= 0.3 is 11.9 Å². The molecular formula is C21H13F5N4O5. The van der Waals surface area contributed by atoms with Crippen LogP contribution in [-0.2, 0) is 18.0 Å². The molecule has 0 spiro atoms. The molecule has 35 heavy (non-hydrogen) atoms. The Hall–Kier alpha value is -4.67. The van der Waals surface area contributed by atoms with Crippen molar-refractivity contribution in [2.45, 2.75) is 6.18 Å². The molecule has 0 saturated carbocycles. The molecule has 182 valence electrons. The SMILES string of the molecule is Cn1c(C(F)(F)F)cc(=O)n(-c2cc(Oc3cc(F)ccc3OCC(N)=O)c(C#N)cc2F)c1=O. The molecule has 0 atom stereocenters. The fourth-order valence-electron chi connectivity index (χ4n) is 2.95. The number of nitrogens with zero attached hydrogens (tertiary/aromatic N) is 3. The van der Waals surface area contributed by atoms with Crippen LogP contribution in [0.1, 0.15) is 11.3 Å². The maximum absolute atomic E-state index is 14.7. The Kier molecular flexibility index (Phi) is 6.63. The first kappa shape index (κ1) is 25.0. The smallest absolute Gasteiger partial charge is 0.431 e. The molecule has 0 unspecified atom stereocenters. The van der Waals surface area contributed by atoms with E-state index < -0.39 is 70.0 Å². The number of nitrogens with two attached hydrogens (primary N) is 1. The van der Waals surface area contributed by atoms with Crippen molar-refractivity contribution in [1.29, 1.82) is 5.26 Å².